The van der Waals surface area contributed by atoms with E-state index in [1.54, 1.807) is 12.4 Å². The van der Waals surface area contributed by atoms with Gasteiger partial charge >= 0.3 is 0 Å². The highest BCUT2D eigenvalue weighted by atomic mass is 16.5. The van der Waals surface area contributed by atoms with E-state index >= 15 is 0 Å². The van der Waals surface area contributed by atoms with Gasteiger partial charge in [-0.25, -0.2) is 9.97 Å². The second-order valence-electron chi connectivity index (χ2n) is 3.08. The van der Waals surface area contributed by atoms with Crippen LogP contribution in [0.4, 0.5) is 0 Å². The van der Waals surface area contributed by atoms with E-state index in [1.165, 1.54) is 0 Å². The molecule has 0 aliphatic rings. The Hall–Kier alpha value is -1.58. The van der Waals surface area contributed by atoms with E-state index in [4.69, 9.17) is 4.74 Å². The van der Waals surface area contributed by atoms with Crippen molar-refractivity contribution in [3.8, 4) is 5.88 Å². The Labute approximate surface area is 76.2 Å². The average molecular weight is 177 g/mol. The molecule has 0 bridgehead atoms. The van der Waals surface area contributed by atoms with Crippen LogP contribution in [-0.2, 0) is 0 Å². The Bertz CT molecular complexity index is 408. The molecule has 4 heteroatoms. The van der Waals surface area contributed by atoms with E-state index < -0.39 is 0 Å². The van der Waals surface area contributed by atoms with Gasteiger partial charge in [-0.15, -0.1) is 0 Å². The molecular formula is C9H11N3O. The molecule has 0 aromatic carbocycles. The van der Waals surface area contributed by atoms with E-state index in [-0.39, 0.29) is 6.10 Å². The lowest BCUT2D eigenvalue weighted by molar-refractivity contribution is 0.231. The lowest BCUT2D eigenvalue weighted by Crippen LogP contribution is -2.07. The zero-order chi connectivity index (χ0) is 9.26. The van der Waals surface area contributed by atoms with Crippen LogP contribution in [0.5, 0.6) is 5.88 Å². The fraction of sp³-hybridized carbons (Fsp3) is 0.333. The monoisotopic (exact) mass is 177 g/mol. The lowest BCUT2D eigenvalue weighted by atomic mass is 10.5. The predicted octanol–water partition coefficient (Wildman–Crippen LogP) is 1.52. The zero-order valence-electron chi connectivity index (χ0n) is 7.64. The van der Waals surface area contributed by atoms with E-state index in [2.05, 4.69) is 9.97 Å². The number of fused-ring (bicyclic) bond motifs is 1. The number of aromatic nitrogens is 3. The minimum atomic E-state index is 0.147. The van der Waals surface area contributed by atoms with Crippen LogP contribution in [0, 0.1) is 0 Å². The molecule has 0 spiro atoms. The first-order valence-corrected chi connectivity index (χ1v) is 4.21. The molecule has 2 heterocycles. The van der Waals surface area contributed by atoms with Crippen LogP contribution in [0.2, 0.25) is 0 Å². The van der Waals surface area contributed by atoms with Gasteiger partial charge in [0.15, 0.2) is 5.65 Å². The van der Waals surface area contributed by atoms with Crippen LogP contribution < -0.4 is 4.74 Å². The Morgan fingerprint density at radius 3 is 3.00 bits per heavy atom. The Kier molecular flexibility index (Phi) is 1.88. The predicted molar refractivity (Wildman–Crippen MR) is 48.8 cm³/mol. The van der Waals surface area contributed by atoms with Crippen LogP contribution in [-0.4, -0.2) is 20.5 Å². The van der Waals surface area contributed by atoms with Crippen molar-refractivity contribution < 1.29 is 4.74 Å². The van der Waals surface area contributed by atoms with Gasteiger partial charge in [0.05, 0.1) is 18.5 Å². The van der Waals surface area contributed by atoms with Gasteiger partial charge in [-0.05, 0) is 13.8 Å². The summed E-state index contributed by atoms with van der Waals surface area (Å²) in [7, 11) is 0. The third-order valence-corrected chi connectivity index (χ3v) is 1.61. The fourth-order valence-corrected chi connectivity index (χ4v) is 1.11. The first-order valence-electron chi connectivity index (χ1n) is 4.21. The molecule has 0 N–H and O–H groups in total. The second kappa shape index (κ2) is 3.05. The molecule has 13 heavy (non-hydrogen) atoms. The number of rotatable bonds is 2. The third kappa shape index (κ3) is 1.61. The molecule has 0 aliphatic carbocycles. The van der Waals surface area contributed by atoms with Crippen molar-refractivity contribution in [1.29, 1.82) is 0 Å². The van der Waals surface area contributed by atoms with Gasteiger partial charge in [-0.2, -0.15) is 0 Å². The van der Waals surface area contributed by atoms with Crippen LogP contribution >= 0.6 is 0 Å². The van der Waals surface area contributed by atoms with E-state index in [0.29, 0.717) is 5.88 Å². The second-order valence-corrected chi connectivity index (χ2v) is 3.08. The highest BCUT2D eigenvalue weighted by Gasteiger charge is 2.00. The molecular weight excluding hydrogens is 166 g/mol. The molecule has 0 amide bonds. The van der Waals surface area contributed by atoms with Crippen molar-refractivity contribution in [2.45, 2.75) is 20.0 Å². The Morgan fingerprint density at radius 2 is 2.23 bits per heavy atom. The molecule has 0 radical (unpaired) electrons. The maximum Gasteiger partial charge on any atom is 0.230 e. The van der Waals surface area contributed by atoms with Gasteiger partial charge in [-0.1, -0.05) is 0 Å². The third-order valence-electron chi connectivity index (χ3n) is 1.61. The average Bonchev–Trinajstić information content (AvgIpc) is 2.49. The van der Waals surface area contributed by atoms with Crippen molar-refractivity contribution in [1.82, 2.24) is 14.4 Å². The standard InChI is InChI=1S/C9H11N3O/c1-7(2)13-9-6-12-4-3-10-8(12)5-11-9/h3-7H,1-2H3. The van der Waals surface area contributed by atoms with Crippen molar-refractivity contribution in [2.24, 2.45) is 0 Å². The van der Waals surface area contributed by atoms with Crippen molar-refractivity contribution in [3.05, 3.63) is 24.8 Å². The quantitative estimate of drug-likeness (QED) is 0.698. The van der Waals surface area contributed by atoms with Gasteiger partial charge in [0.25, 0.3) is 0 Å². The largest absolute Gasteiger partial charge is 0.474 e. The van der Waals surface area contributed by atoms with E-state index in [9.17, 15) is 0 Å². The minimum Gasteiger partial charge on any atom is -0.474 e. The summed E-state index contributed by atoms with van der Waals surface area (Å²) in [6.45, 7) is 3.94. The van der Waals surface area contributed by atoms with Crippen LogP contribution in [0.3, 0.4) is 0 Å². The molecule has 0 saturated heterocycles. The highest BCUT2D eigenvalue weighted by molar-refractivity contribution is 5.35. The van der Waals surface area contributed by atoms with Crippen molar-refractivity contribution >= 4 is 5.65 Å². The van der Waals surface area contributed by atoms with Gasteiger partial charge in [0.2, 0.25) is 5.88 Å². The molecule has 2 aromatic rings. The Balaban J connectivity index is 2.37. The summed E-state index contributed by atoms with van der Waals surface area (Å²) < 4.78 is 7.31. The summed E-state index contributed by atoms with van der Waals surface area (Å²) in [4.78, 5) is 8.20. The molecule has 0 unspecified atom stereocenters. The molecule has 0 atom stereocenters. The summed E-state index contributed by atoms with van der Waals surface area (Å²) in [5.74, 6) is 0.625. The normalized spacial score (nSPS) is 11.0. The number of imidazole rings is 1. The first kappa shape index (κ1) is 8.04. The first-order chi connectivity index (χ1) is 6.25. The summed E-state index contributed by atoms with van der Waals surface area (Å²) >= 11 is 0. The van der Waals surface area contributed by atoms with E-state index in [0.717, 1.165) is 5.65 Å². The number of hydrogen-bond donors (Lipinski definition) is 0. The Morgan fingerprint density at radius 1 is 1.38 bits per heavy atom. The van der Waals surface area contributed by atoms with Crippen LogP contribution in [0.1, 0.15) is 13.8 Å². The number of nitrogens with zero attached hydrogens (tertiary/aromatic N) is 3. The van der Waals surface area contributed by atoms with Crippen molar-refractivity contribution in [2.75, 3.05) is 0 Å². The number of ether oxygens (including phenoxy) is 1. The van der Waals surface area contributed by atoms with Crippen molar-refractivity contribution in [3.63, 3.8) is 0 Å². The number of hydrogen-bond acceptors (Lipinski definition) is 3. The van der Waals surface area contributed by atoms with Gasteiger partial charge in [0, 0.05) is 12.4 Å². The molecule has 2 rings (SSSR count). The van der Waals surface area contributed by atoms with Crippen LogP contribution in [0.25, 0.3) is 5.65 Å². The molecule has 4 nitrogen and oxygen atoms in total. The maximum atomic E-state index is 5.43. The minimum absolute atomic E-state index is 0.147. The molecule has 68 valence electrons. The maximum absolute atomic E-state index is 5.43. The molecule has 0 fully saturated rings. The summed E-state index contributed by atoms with van der Waals surface area (Å²) in [6.07, 6.45) is 7.26. The summed E-state index contributed by atoms with van der Waals surface area (Å²) in [5.41, 5.74) is 0.830. The topological polar surface area (TPSA) is 39.4 Å². The summed E-state index contributed by atoms with van der Waals surface area (Å²) in [6, 6.07) is 0. The van der Waals surface area contributed by atoms with Gasteiger partial charge in [-0.3, -0.25) is 0 Å². The van der Waals surface area contributed by atoms with Gasteiger partial charge in [0.1, 0.15) is 0 Å². The van der Waals surface area contributed by atoms with Crippen LogP contribution in [0.15, 0.2) is 24.8 Å². The smallest absolute Gasteiger partial charge is 0.230 e. The van der Waals surface area contributed by atoms with E-state index in [1.807, 2.05) is 30.6 Å². The fourth-order valence-electron chi connectivity index (χ4n) is 1.11. The molecule has 0 aliphatic heterocycles. The SMILES string of the molecule is CC(C)Oc1cn2ccnc2cn1. The zero-order valence-corrected chi connectivity index (χ0v) is 7.64. The summed E-state index contributed by atoms with van der Waals surface area (Å²) in [5, 5.41) is 0. The molecule has 2 aromatic heterocycles. The molecule has 0 saturated carbocycles. The van der Waals surface area contributed by atoms with Gasteiger partial charge < -0.3 is 9.14 Å². The highest BCUT2D eigenvalue weighted by Crippen LogP contribution is 2.09. The lowest BCUT2D eigenvalue weighted by Gasteiger charge is -2.07.